The Morgan fingerprint density at radius 1 is 1.25 bits per heavy atom. The van der Waals surface area contributed by atoms with Crippen LogP contribution in [0.5, 0.6) is 0 Å². The third-order valence-corrected chi connectivity index (χ3v) is 6.35. The number of amides is 1. The van der Waals surface area contributed by atoms with Crippen LogP contribution in [0.15, 0.2) is 34.7 Å². The zero-order valence-corrected chi connectivity index (χ0v) is 14.9. The molecule has 0 unspecified atom stereocenters. The van der Waals surface area contributed by atoms with Crippen molar-refractivity contribution in [3.05, 3.63) is 41.0 Å². The standard InChI is InChI=1S/C14H15ClN4O3S2/c15-11-3-1-10(2-4-11)8-18-5-6-19(9-12(18)20)14-17-7-13(23-14)24(16,21)22/h1-4,7H,5-6,8-9H2,(H2,16,21,22). The molecule has 0 radical (unpaired) electrons. The molecule has 128 valence electrons. The van der Waals surface area contributed by atoms with Crippen LogP contribution in [-0.4, -0.2) is 43.8 Å². The number of sulfonamides is 1. The molecular weight excluding hydrogens is 372 g/mol. The van der Waals surface area contributed by atoms with E-state index in [-0.39, 0.29) is 16.7 Å². The van der Waals surface area contributed by atoms with Gasteiger partial charge in [0.15, 0.2) is 9.34 Å². The molecule has 0 aliphatic carbocycles. The number of rotatable bonds is 4. The lowest BCUT2D eigenvalue weighted by Gasteiger charge is -2.34. The fourth-order valence-corrected chi connectivity index (χ4v) is 4.07. The van der Waals surface area contributed by atoms with Crippen molar-refractivity contribution in [1.82, 2.24) is 9.88 Å². The summed E-state index contributed by atoms with van der Waals surface area (Å²) in [6.45, 7) is 1.79. The predicted molar refractivity (Wildman–Crippen MR) is 92.6 cm³/mol. The normalized spacial score (nSPS) is 15.8. The van der Waals surface area contributed by atoms with Crippen molar-refractivity contribution in [3.63, 3.8) is 0 Å². The number of anilines is 1. The number of piperazine rings is 1. The fourth-order valence-electron chi connectivity index (χ4n) is 2.38. The zero-order chi connectivity index (χ0) is 17.3. The Morgan fingerprint density at radius 2 is 1.96 bits per heavy atom. The van der Waals surface area contributed by atoms with Crippen LogP contribution in [0, 0.1) is 0 Å². The smallest absolute Gasteiger partial charge is 0.249 e. The van der Waals surface area contributed by atoms with Crippen LogP contribution in [0.3, 0.4) is 0 Å². The number of thiazole rings is 1. The SMILES string of the molecule is NS(=O)(=O)c1cnc(N2CCN(Cc3ccc(Cl)cc3)C(=O)C2)s1. The van der Waals surface area contributed by atoms with E-state index in [0.29, 0.717) is 29.8 Å². The first-order chi connectivity index (χ1) is 11.3. The van der Waals surface area contributed by atoms with Crippen molar-refractivity contribution >= 4 is 44.0 Å². The Bertz CT molecular complexity index is 851. The number of carbonyl (C=O) groups is 1. The minimum Gasteiger partial charge on any atom is -0.337 e. The summed E-state index contributed by atoms with van der Waals surface area (Å²) in [6, 6.07) is 7.37. The number of hydrogen-bond acceptors (Lipinski definition) is 6. The van der Waals surface area contributed by atoms with Crippen molar-refractivity contribution in [2.24, 2.45) is 5.14 Å². The minimum atomic E-state index is -3.77. The molecule has 1 saturated heterocycles. The average molecular weight is 387 g/mol. The van der Waals surface area contributed by atoms with Crippen LogP contribution in [-0.2, 0) is 21.4 Å². The Hall–Kier alpha value is -1.68. The Kier molecular flexibility index (Phi) is 4.77. The summed E-state index contributed by atoms with van der Waals surface area (Å²) >= 11 is 6.83. The van der Waals surface area contributed by atoms with Gasteiger partial charge in [0, 0.05) is 24.7 Å². The van der Waals surface area contributed by atoms with Crippen LogP contribution < -0.4 is 10.0 Å². The molecule has 1 amide bonds. The van der Waals surface area contributed by atoms with Gasteiger partial charge in [-0.05, 0) is 17.7 Å². The number of aromatic nitrogens is 1. The lowest BCUT2D eigenvalue weighted by atomic mass is 10.2. The number of halogens is 1. The number of hydrogen-bond donors (Lipinski definition) is 1. The van der Waals surface area contributed by atoms with Gasteiger partial charge in [-0.25, -0.2) is 18.5 Å². The molecule has 2 heterocycles. The van der Waals surface area contributed by atoms with Crippen molar-refractivity contribution in [3.8, 4) is 0 Å². The van der Waals surface area contributed by atoms with Gasteiger partial charge in [0.05, 0.1) is 12.7 Å². The second-order valence-corrected chi connectivity index (χ2v) is 8.60. The summed E-state index contributed by atoms with van der Waals surface area (Å²) < 4.78 is 22.6. The van der Waals surface area contributed by atoms with Gasteiger partial charge in [-0.2, -0.15) is 0 Å². The number of nitrogens with zero attached hydrogens (tertiary/aromatic N) is 3. The average Bonchev–Trinajstić information content (AvgIpc) is 3.01. The van der Waals surface area contributed by atoms with Gasteiger partial charge in [0.25, 0.3) is 0 Å². The molecule has 3 rings (SSSR count). The summed E-state index contributed by atoms with van der Waals surface area (Å²) in [5, 5.41) is 6.23. The summed E-state index contributed by atoms with van der Waals surface area (Å²) in [5.41, 5.74) is 1.01. The quantitative estimate of drug-likeness (QED) is 0.854. The Morgan fingerprint density at radius 3 is 2.54 bits per heavy atom. The van der Waals surface area contributed by atoms with Gasteiger partial charge >= 0.3 is 0 Å². The minimum absolute atomic E-state index is 0.00598. The van der Waals surface area contributed by atoms with E-state index >= 15 is 0 Å². The molecule has 0 bridgehead atoms. The van der Waals surface area contributed by atoms with Gasteiger partial charge in [-0.15, -0.1) is 0 Å². The van der Waals surface area contributed by atoms with E-state index in [1.54, 1.807) is 21.9 Å². The third kappa shape index (κ3) is 3.86. The summed E-state index contributed by atoms with van der Waals surface area (Å²) in [7, 11) is -3.77. The molecular formula is C14H15ClN4O3S2. The van der Waals surface area contributed by atoms with Gasteiger partial charge in [0.1, 0.15) is 0 Å². The molecule has 2 aromatic rings. The first-order valence-corrected chi connectivity index (χ1v) is 9.83. The van der Waals surface area contributed by atoms with E-state index in [1.807, 2.05) is 12.1 Å². The Labute approximate surface area is 148 Å². The van der Waals surface area contributed by atoms with Crippen molar-refractivity contribution in [1.29, 1.82) is 0 Å². The summed E-state index contributed by atoms with van der Waals surface area (Å²) in [6.07, 6.45) is 1.22. The van der Waals surface area contributed by atoms with E-state index < -0.39 is 10.0 Å². The maximum absolute atomic E-state index is 12.3. The first-order valence-electron chi connectivity index (χ1n) is 7.09. The first kappa shape index (κ1) is 17.2. The molecule has 7 nitrogen and oxygen atoms in total. The lowest BCUT2D eigenvalue weighted by Crippen LogP contribution is -2.49. The topological polar surface area (TPSA) is 96.6 Å². The molecule has 1 aromatic carbocycles. The van der Waals surface area contributed by atoms with E-state index in [2.05, 4.69) is 4.98 Å². The predicted octanol–water partition coefficient (Wildman–Crippen LogP) is 1.29. The highest BCUT2D eigenvalue weighted by atomic mass is 35.5. The monoisotopic (exact) mass is 386 g/mol. The van der Waals surface area contributed by atoms with Crippen LogP contribution in [0.1, 0.15) is 5.56 Å². The fraction of sp³-hybridized carbons (Fsp3) is 0.286. The molecule has 0 spiro atoms. The number of nitrogens with two attached hydrogens (primary N) is 1. The van der Waals surface area contributed by atoms with E-state index in [4.69, 9.17) is 16.7 Å². The highest BCUT2D eigenvalue weighted by Crippen LogP contribution is 2.26. The largest absolute Gasteiger partial charge is 0.337 e. The van der Waals surface area contributed by atoms with Crippen LogP contribution in [0.4, 0.5) is 5.13 Å². The molecule has 1 fully saturated rings. The highest BCUT2D eigenvalue weighted by Gasteiger charge is 2.26. The third-order valence-electron chi connectivity index (χ3n) is 3.63. The number of benzene rings is 1. The van der Waals surface area contributed by atoms with Crippen LogP contribution in [0.25, 0.3) is 0 Å². The molecule has 1 aromatic heterocycles. The van der Waals surface area contributed by atoms with Crippen molar-refractivity contribution in [2.45, 2.75) is 10.8 Å². The number of primary sulfonamides is 1. The van der Waals surface area contributed by atoms with Crippen LogP contribution in [0.2, 0.25) is 5.02 Å². The highest BCUT2D eigenvalue weighted by molar-refractivity contribution is 7.91. The molecule has 0 saturated carbocycles. The van der Waals surface area contributed by atoms with Gasteiger partial charge < -0.3 is 9.80 Å². The van der Waals surface area contributed by atoms with Crippen molar-refractivity contribution in [2.75, 3.05) is 24.5 Å². The van der Waals surface area contributed by atoms with E-state index in [9.17, 15) is 13.2 Å². The molecule has 0 atom stereocenters. The van der Waals surface area contributed by atoms with Gasteiger partial charge in [0.2, 0.25) is 15.9 Å². The zero-order valence-electron chi connectivity index (χ0n) is 12.6. The van der Waals surface area contributed by atoms with Gasteiger partial charge in [-0.3, -0.25) is 4.79 Å². The van der Waals surface area contributed by atoms with E-state index in [0.717, 1.165) is 16.9 Å². The maximum Gasteiger partial charge on any atom is 0.249 e. The summed E-state index contributed by atoms with van der Waals surface area (Å²) in [5.74, 6) is -0.0384. The molecule has 1 aliphatic rings. The Balaban J connectivity index is 1.66. The molecule has 10 heteroatoms. The van der Waals surface area contributed by atoms with Gasteiger partial charge in [-0.1, -0.05) is 35.1 Å². The molecule has 2 N–H and O–H groups in total. The second kappa shape index (κ2) is 6.67. The maximum atomic E-state index is 12.3. The van der Waals surface area contributed by atoms with E-state index in [1.165, 1.54) is 6.20 Å². The molecule has 24 heavy (non-hydrogen) atoms. The lowest BCUT2D eigenvalue weighted by molar-refractivity contribution is -0.131. The number of carbonyl (C=O) groups excluding carboxylic acids is 1. The van der Waals surface area contributed by atoms with Crippen LogP contribution >= 0.6 is 22.9 Å². The second-order valence-electron chi connectivity index (χ2n) is 5.37. The molecule has 1 aliphatic heterocycles. The van der Waals surface area contributed by atoms with Crippen molar-refractivity contribution < 1.29 is 13.2 Å². The summed E-state index contributed by atoms with van der Waals surface area (Å²) in [4.78, 5) is 19.9.